The summed E-state index contributed by atoms with van der Waals surface area (Å²) >= 11 is 24.3. The van der Waals surface area contributed by atoms with E-state index in [2.05, 4.69) is 0 Å². The Labute approximate surface area is 216 Å². The molecule has 3 amide bonds. The molecule has 1 fully saturated rings. The minimum atomic E-state index is -0.787. The zero-order valence-corrected chi connectivity index (χ0v) is 20.9. The van der Waals surface area contributed by atoms with Gasteiger partial charge in [0, 0.05) is 15.6 Å². The molecule has 34 heavy (non-hydrogen) atoms. The van der Waals surface area contributed by atoms with Crippen molar-refractivity contribution >= 4 is 69.9 Å². The lowest BCUT2D eigenvalue weighted by molar-refractivity contribution is -0.154. The van der Waals surface area contributed by atoms with E-state index in [4.69, 9.17) is 46.4 Å². The van der Waals surface area contributed by atoms with Crippen molar-refractivity contribution in [3.05, 3.63) is 79.3 Å². The zero-order valence-electron chi connectivity index (χ0n) is 17.9. The van der Waals surface area contributed by atoms with Crippen molar-refractivity contribution in [3.63, 3.8) is 0 Å². The number of hydrogen-bond acceptors (Lipinski definition) is 4. The number of hydrogen-bond donors (Lipinski definition) is 0. The molecular formula is C24H18Cl4N2O4. The second kappa shape index (κ2) is 9.70. The highest BCUT2D eigenvalue weighted by Crippen LogP contribution is 2.39. The van der Waals surface area contributed by atoms with Gasteiger partial charge in [-0.3, -0.25) is 19.2 Å². The summed E-state index contributed by atoms with van der Waals surface area (Å²) in [6.45, 7) is 1.28. The minimum Gasteiger partial charge on any atom is -0.292 e. The summed E-state index contributed by atoms with van der Waals surface area (Å²) in [5.41, 5.74) is 1.08. The molecule has 1 saturated heterocycles. The molecule has 0 saturated carbocycles. The first kappa shape index (κ1) is 24.7. The van der Waals surface area contributed by atoms with Gasteiger partial charge in [-0.05, 0) is 56.2 Å². The number of amides is 3. The van der Waals surface area contributed by atoms with Gasteiger partial charge in [0.1, 0.15) is 6.54 Å². The van der Waals surface area contributed by atoms with Crippen molar-refractivity contribution < 1.29 is 19.2 Å². The normalized spacial score (nSPS) is 19.7. The van der Waals surface area contributed by atoms with E-state index in [1.54, 1.807) is 0 Å². The van der Waals surface area contributed by atoms with Crippen LogP contribution in [0.5, 0.6) is 0 Å². The summed E-state index contributed by atoms with van der Waals surface area (Å²) in [6, 6.07) is 8.51. The fourth-order valence-electron chi connectivity index (χ4n) is 4.23. The number of allylic oxidation sites excluding steroid dienone is 2. The van der Waals surface area contributed by atoms with Gasteiger partial charge in [0.25, 0.3) is 17.7 Å². The molecular weight excluding hydrogens is 522 g/mol. The zero-order chi connectivity index (χ0) is 24.7. The number of ketones is 1. The number of nitrogens with zero attached hydrogens (tertiary/aromatic N) is 2. The van der Waals surface area contributed by atoms with E-state index in [9.17, 15) is 19.2 Å². The SMILES string of the molecule is CC1=CC[C@H]2C(=O)N(N(CC(=O)c3ccc(Cl)cc3Cl)C(=O)c3ccc(Cl)cc3Cl)C(=O)[C@H]2C1. The molecule has 10 heteroatoms. The van der Waals surface area contributed by atoms with Gasteiger partial charge in [0.2, 0.25) is 0 Å². The highest BCUT2D eigenvalue weighted by molar-refractivity contribution is 6.37. The van der Waals surface area contributed by atoms with E-state index in [0.29, 0.717) is 22.9 Å². The van der Waals surface area contributed by atoms with Crippen LogP contribution in [-0.4, -0.2) is 40.1 Å². The Morgan fingerprint density at radius 2 is 1.47 bits per heavy atom. The number of fused-ring (bicyclic) bond motifs is 1. The van der Waals surface area contributed by atoms with E-state index in [1.165, 1.54) is 36.4 Å². The lowest BCUT2D eigenvalue weighted by Gasteiger charge is -2.30. The van der Waals surface area contributed by atoms with Crippen molar-refractivity contribution in [2.45, 2.75) is 19.8 Å². The standard InChI is InChI=1S/C24H18Cl4N2O4/c1-12-2-5-15-18(8-12)24(34)30(23(15)33)29(22(32)17-7-4-14(26)10-20(17)28)11-21(31)16-6-3-13(25)9-19(16)27/h2-4,6-7,9-10,15,18H,5,8,11H2,1H3/t15-,18+/m1/s1. The van der Waals surface area contributed by atoms with E-state index >= 15 is 0 Å². The average molecular weight is 540 g/mol. The minimum absolute atomic E-state index is 0.00847. The maximum Gasteiger partial charge on any atom is 0.274 e. The lowest BCUT2D eigenvalue weighted by atomic mass is 9.82. The van der Waals surface area contributed by atoms with Crippen LogP contribution in [0.3, 0.4) is 0 Å². The van der Waals surface area contributed by atoms with Crippen LogP contribution >= 0.6 is 46.4 Å². The molecule has 0 N–H and O–H groups in total. The van der Waals surface area contributed by atoms with Crippen LogP contribution < -0.4 is 0 Å². The first-order chi connectivity index (χ1) is 16.1. The number of rotatable bonds is 5. The fraction of sp³-hybridized carbons (Fsp3) is 0.250. The molecule has 4 rings (SSSR count). The number of carbonyl (C=O) groups excluding carboxylic acids is 4. The Kier molecular flexibility index (Phi) is 7.06. The molecule has 0 unspecified atom stereocenters. The van der Waals surface area contributed by atoms with Gasteiger partial charge in [-0.1, -0.05) is 58.1 Å². The molecule has 2 atom stereocenters. The molecule has 0 radical (unpaired) electrons. The Balaban J connectivity index is 1.74. The summed E-state index contributed by atoms with van der Waals surface area (Å²) in [4.78, 5) is 53.3. The average Bonchev–Trinajstić information content (AvgIpc) is 3.01. The summed E-state index contributed by atoms with van der Waals surface area (Å²) in [5, 5.41) is 2.38. The Hall–Kier alpha value is -2.38. The molecule has 0 spiro atoms. The Bertz CT molecular complexity index is 1260. The topological polar surface area (TPSA) is 74.8 Å². The Morgan fingerprint density at radius 1 is 0.912 bits per heavy atom. The third-order valence-electron chi connectivity index (χ3n) is 5.96. The van der Waals surface area contributed by atoms with Crippen LogP contribution in [0.4, 0.5) is 0 Å². The van der Waals surface area contributed by atoms with Gasteiger partial charge in [-0.2, -0.15) is 5.01 Å². The largest absolute Gasteiger partial charge is 0.292 e. The molecule has 176 valence electrons. The van der Waals surface area contributed by atoms with Crippen LogP contribution in [0.25, 0.3) is 0 Å². The molecule has 0 aromatic heterocycles. The predicted octanol–water partition coefficient (Wildman–Crippen LogP) is 5.88. The molecule has 1 heterocycles. The summed E-state index contributed by atoms with van der Waals surface area (Å²) in [7, 11) is 0. The van der Waals surface area contributed by atoms with Crippen molar-refractivity contribution in [3.8, 4) is 0 Å². The number of halogens is 4. The highest BCUT2D eigenvalue weighted by atomic mass is 35.5. The third kappa shape index (κ3) is 4.60. The molecule has 2 aromatic carbocycles. The van der Waals surface area contributed by atoms with Gasteiger partial charge >= 0.3 is 0 Å². The number of hydrazine groups is 1. The van der Waals surface area contributed by atoms with Crippen molar-refractivity contribution in [1.29, 1.82) is 0 Å². The van der Waals surface area contributed by atoms with E-state index in [0.717, 1.165) is 15.6 Å². The second-order valence-corrected chi connectivity index (χ2v) is 9.91. The van der Waals surface area contributed by atoms with Crippen LogP contribution in [0.15, 0.2) is 48.0 Å². The molecule has 0 bridgehead atoms. The maximum absolute atomic E-state index is 13.6. The van der Waals surface area contributed by atoms with Gasteiger partial charge in [-0.25, -0.2) is 5.01 Å². The van der Waals surface area contributed by atoms with Gasteiger partial charge < -0.3 is 0 Å². The van der Waals surface area contributed by atoms with E-state index in [1.807, 2.05) is 13.0 Å². The summed E-state index contributed by atoms with van der Waals surface area (Å²) in [6.07, 6.45) is 2.71. The number of imide groups is 1. The van der Waals surface area contributed by atoms with Crippen molar-refractivity contribution in [2.24, 2.45) is 11.8 Å². The van der Waals surface area contributed by atoms with E-state index in [-0.39, 0.29) is 21.2 Å². The molecule has 2 aromatic rings. The fourth-order valence-corrected chi connectivity index (χ4v) is 5.23. The summed E-state index contributed by atoms with van der Waals surface area (Å²) in [5.74, 6) is -3.62. The van der Waals surface area contributed by atoms with Gasteiger partial charge in [-0.15, -0.1) is 0 Å². The van der Waals surface area contributed by atoms with Crippen LogP contribution in [0.1, 0.15) is 40.5 Å². The second-order valence-electron chi connectivity index (χ2n) is 8.23. The Morgan fingerprint density at radius 3 is 2.06 bits per heavy atom. The molecule has 1 aliphatic carbocycles. The first-order valence-electron chi connectivity index (χ1n) is 10.4. The predicted molar refractivity (Wildman–Crippen MR) is 130 cm³/mol. The van der Waals surface area contributed by atoms with Crippen LogP contribution in [0, 0.1) is 11.8 Å². The van der Waals surface area contributed by atoms with E-state index < -0.39 is 41.9 Å². The monoisotopic (exact) mass is 538 g/mol. The number of benzene rings is 2. The van der Waals surface area contributed by atoms with Crippen LogP contribution in [0.2, 0.25) is 20.1 Å². The van der Waals surface area contributed by atoms with Gasteiger partial charge in [0.15, 0.2) is 5.78 Å². The van der Waals surface area contributed by atoms with Crippen molar-refractivity contribution in [2.75, 3.05) is 6.54 Å². The number of carbonyl (C=O) groups is 4. The lowest BCUT2D eigenvalue weighted by Crippen LogP contribution is -2.52. The molecule has 1 aliphatic heterocycles. The van der Waals surface area contributed by atoms with Crippen LogP contribution in [-0.2, 0) is 9.59 Å². The number of Topliss-reactive ketones (excluding diaryl/α,β-unsaturated/α-hetero) is 1. The maximum atomic E-state index is 13.6. The quantitative estimate of drug-likeness (QED) is 0.270. The van der Waals surface area contributed by atoms with Crippen molar-refractivity contribution in [1.82, 2.24) is 10.0 Å². The molecule has 6 nitrogen and oxygen atoms in total. The highest BCUT2D eigenvalue weighted by Gasteiger charge is 2.52. The smallest absolute Gasteiger partial charge is 0.274 e. The third-order valence-corrected chi connectivity index (χ3v) is 7.06. The van der Waals surface area contributed by atoms with Gasteiger partial charge in [0.05, 0.1) is 27.4 Å². The first-order valence-corrected chi connectivity index (χ1v) is 11.9. The summed E-state index contributed by atoms with van der Waals surface area (Å²) < 4.78 is 0. The molecule has 2 aliphatic rings.